The predicted molar refractivity (Wildman–Crippen MR) is 87.5 cm³/mol. The van der Waals surface area contributed by atoms with Gasteiger partial charge in [-0.2, -0.15) is 5.10 Å². The van der Waals surface area contributed by atoms with Crippen molar-refractivity contribution in [3.05, 3.63) is 53.4 Å². The predicted octanol–water partition coefficient (Wildman–Crippen LogP) is 2.26. The summed E-state index contributed by atoms with van der Waals surface area (Å²) < 4.78 is 27.8. The van der Waals surface area contributed by atoms with Crippen LogP contribution in [0.4, 0.5) is 8.78 Å². The lowest BCUT2D eigenvalue weighted by Crippen LogP contribution is -2.41. The monoisotopic (exact) mass is 349 g/mol. The Morgan fingerprint density at radius 2 is 2.16 bits per heavy atom. The molecule has 134 valence electrons. The molecule has 7 heteroatoms. The van der Waals surface area contributed by atoms with Crippen molar-refractivity contribution in [2.24, 2.45) is 13.0 Å². The standard InChI is InChI=1S/C18H21F2N3O2/c1-23-10-13(9-21-23)18(12-7-14(24)8-12)22-17(25)5-3-11-2-4-15(19)16(20)6-11/h2,4,6,9-10,12,14,18,24H,3,5,7-8H2,1H3,(H,22,25)/t12?,14?,18-/m0/s1. The van der Waals surface area contributed by atoms with Gasteiger partial charge in [0.1, 0.15) is 0 Å². The lowest BCUT2D eigenvalue weighted by Gasteiger charge is -2.37. The second-order valence-electron chi connectivity index (χ2n) is 6.63. The fourth-order valence-electron chi connectivity index (χ4n) is 3.17. The van der Waals surface area contributed by atoms with Crippen molar-refractivity contribution in [2.75, 3.05) is 0 Å². The van der Waals surface area contributed by atoms with E-state index in [2.05, 4.69) is 10.4 Å². The van der Waals surface area contributed by atoms with Gasteiger partial charge in [0.05, 0.1) is 18.3 Å². The molecular weight excluding hydrogens is 328 g/mol. The van der Waals surface area contributed by atoms with Crippen LogP contribution in [0, 0.1) is 17.6 Å². The van der Waals surface area contributed by atoms with E-state index >= 15 is 0 Å². The maximum atomic E-state index is 13.2. The van der Waals surface area contributed by atoms with Crippen LogP contribution in [0.3, 0.4) is 0 Å². The van der Waals surface area contributed by atoms with Crippen molar-refractivity contribution in [1.82, 2.24) is 15.1 Å². The van der Waals surface area contributed by atoms with E-state index in [0.29, 0.717) is 24.8 Å². The van der Waals surface area contributed by atoms with Crippen LogP contribution in [0.25, 0.3) is 0 Å². The van der Waals surface area contributed by atoms with Crippen molar-refractivity contribution in [3.8, 4) is 0 Å². The molecule has 2 aromatic rings. The SMILES string of the molecule is Cn1cc([C@@H](NC(=O)CCc2ccc(F)c(F)c2)C2CC(O)C2)cn1. The molecule has 1 atom stereocenters. The summed E-state index contributed by atoms with van der Waals surface area (Å²) in [6, 6.07) is 3.46. The number of hydrogen-bond acceptors (Lipinski definition) is 3. The van der Waals surface area contributed by atoms with E-state index in [1.54, 1.807) is 17.9 Å². The number of aryl methyl sites for hydroxylation is 2. The Morgan fingerprint density at radius 3 is 2.76 bits per heavy atom. The smallest absolute Gasteiger partial charge is 0.220 e. The van der Waals surface area contributed by atoms with E-state index in [4.69, 9.17) is 0 Å². The molecule has 1 fully saturated rings. The fraction of sp³-hybridized carbons (Fsp3) is 0.444. The van der Waals surface area contributed by atoms with Gasteiger partial charge in [0.2, 0.25) is 5.91 Å². The first kappa shape index (κ1) is 17.5. The largest absolute Gasteiger partial charge is 0.393 e. The maximum Gasteiger partial charge on any atom is 0.220 e. The number of carbonyl (C=O) groups excluding carboxylic acids is 1. The highest BCUT2D eigenvalue weighted by Gasteiger charge is 2.36. The van der Waals surface area contributed by atoms with E-state index < -0.39 is 11.6 Å². The number of aromatic nitrogens is 2. The summed E-state index contributed by atoms with van der Waals surface area (Å²) in [4.78, 5) is 12.3. The van der Waals surface area contributed by atoms with Crippen LogP contribution in [0.2, 0.25) is 0 Å². The quantitative estimate of drug-likeness (QED) is 0.841. The highest BCUT2D eigenvalue weighted by Crippen LogP contribution is 2.38. The number of rotatable bonds is 6. The first-order valence-corrected chi connectivity index (χ1v) is 8.32. The molecule has 0 spiro atoms. The second kappa shape index (κ2) is 7.31. The fourth-order valence-corrected chi connectivity index (χ4v) is 3.17. The number of aliphatic hydroxyl groups is 1. The van der Waals surface area contributed by atoms with Gasteiger partial charge in [-0.15, -0.1) is 0 Å². The first-order valence-electron chi connectivity index (χ1n) is 8.32. The molecule has 3 rings (SSSR count). The highest BCUT2D eigenvalue weighted by atomic mass is 19.2. The van der Waals surface area contributed by atoms with Crippen LogP contribution in [0.5, 0.6) is 0 Å². The van der Waals surface area contributed by atoms with E-state index in [9.17, 15) is 18.7 Å². The number of hydrogen-bond donors (Lipinski definition) is 2. The number of amides is 1. The minimum atomic E-state index is -0.908. The van der Waals surface area contributed by atoms with Crippen LogP contribution >= 0.6 is 0 Å². The van der Waals surface area contributed by atoms with E-state index in [-0.39, 0.29) is 30.4 Å². The third-order valence-corrected chi connectivity index (χ3v) is 4.65. The summed E-state index contributed by atoms with van der Waals surface area (Å²) in [6.45, 7) is 0. The zero-order valence-corrected chi connectivity index (χ0v) is 14.0. The van der Waals surface area contributed by atoms with Gasteiger partial charge in [0.15, 0.2) is 11.6 Å². The Labute approximate surface area is 144 Å². The summed E-state index contributed by atoms with van der Waals surface area (Å²) in [5, 5.41) is 16.7. The molecule has 25 heavy (non-hydrogen) atoms. The number of nitrogens with zero attached hydrogens (tertiary/aromatic N) is 2. The Bertz CT molecular complexity index is 757. The van der Waals surface area contributed by atoms with Gasteiger partial charge in [-0.05, 0) is 42.9 Å². The number of carbonyl (C=O) groups is 1. The number of benzene rings is 1. The zero-order chi connectivity index (χ0) is 18.0. The highest BCUT2D eigenvalue weighted by molar-refractivity contribution is 5.76. The molecule has 1 aromatic heterocycles. The molecule has 0 radical (unpaired) electrons. The molecule has 0 unspecified atom stereocenters. The molecule has 0 saturated heterocycles. The number of halogens is 2. The minimum absolute atomic E-state index is 0.167. The van der Waals surface area contributed by atoms with E-state index in [0.717, 1.165) is 17.7 Å². The van der Waals surface area contributed by atoms with Crippen LogP contribution < -0.4 is 5.32 Å². The Kier molecular flexibility index (Phi) is 5.13. The summed E-state index contributed by atoms with van der Waals surface area (Å²) in [5.74, 6) is -1.80. The Balaban J connectivity index is 1.61. The second-order valence-corrected chi connectivity index (χ2v) is 6.63. The van der Waals surface area contributed by atoms with Crippen LogP contribution in [-0.4, -0.2) is 26.9 Å². The van der Waals surface area contributed by atoms with Crippen LogP contribution in [0.1, 0.15) is 36.4 Å². The molecule has 1 aromatic carbocycles. The number of aliphatic hydroxyl groups excluding tert-OH is 1. The number of nitrogens with one attached hydrogen (secondary N) is 1. The zero-order valence-electron chi connectivity index (χ0n) is 14.0. The Hall–Kier alpha value is -2.28. The molecule has 2 N–H and O–H groups in total. The minimum Gasteiger partial charge on any atom is -0.393 e. The third kappa shape index (κ3) is 4.22. The molecule has 1 amide bonds. The lowest BCUT2D eigenvalue weighted by molar-refractivity contribution is -0.123. The molecule has 0 bridgehead atoms. The molecule has 1 aliphatic carbocycles. The summed E-state index contributed by atoms with van der Waals surface area (Å²) in [6.07, 6.45) is 5.04. The van der Waals surface area contributed by atoms with E-state index in [1.807, 2.05) is 6.20 Å². The van der Waals surface area contributed by atoms with Gasteiger partial charge in [0.25, 0.3) is 0 Å². The van der Waals surface area contributed by atoms with Gasteiger partial charge >= 0.3 is 0 Å². The first-order chi connectivity index (χ1) is 11.9. The maximum absolute atomic E-state index is 13.2. The molecule has 1 saturated carbocycles. The van der Waals surface area contributed by atoms with Crippen molar-refractivity contribution < 1.29 is 18.7 Å². The molecule has 1 heterocycles. The summed E-state index contributed by atoms with van der Waals surface area (Å²) in [5.41, 5.74) is 1.48. The van der Waals surface area contributed by atoms with Gasteiger partial charge in [0, 0.05) is 25.2 Å². The lowest BCUT2D eigenvalue weighted by atomic mass is 9.75. The Morgan fingerprint density at radius 1 is 1.40 bits per heavy atom. The molecule has 5 nitrogen and oxygen atoms in total. The van der Waals surface area contributed by atoms with Gasteiger partial charge in [-0.3, -0.25) is 9.48 Å². The average molecular weight is 349 g/mol. The van der Waals surface area contributed by atoms with Crippen molar-refractivity contribution in [2.45, 2.75) is 37.8 Å². The normalized spacial score (nSPS) is 20.8. The summed E-state index contributed by atoms with van der Waals surface area (Å²) >= 11 is 0. The van der Waals surface area contributed by atoms with Gasteiger partial charge in [-0.1, -0.05) is 6.07 Å². The van der Waals surface area contributed by atoms with Gasteiger partial charge in [-0.25, -0.2) is 8.78 Å². The average Bonchev–Trinajstić information content (AvgIpc) is 2.97. The van der Waals surface area contributed by atoms with Crippen molar-refractivity contribution in [1.29, 1.82) is 0 Å². The van der Waals surface area contributed by atoms with E-state index in [1.165, 1.54) is 6.07 Å². The molecular formula is C18H21F2N3O2. The third-order valence-electron chi connectivity index (χ3n) is 4.65. The van der Waals surface area contributed by atoms with Crippen molar-refractivity contribution in [3.63, 3.8) is 0 Å². The van der Waals surface area contributed by atoms with Crippen molar-refractivity contribution >= 4 is 5.91 Å². The molecule has 1 aliphatic rings. The molecule has 0 aliphatic heterocycles. The topological polar surface area (TPSA) is 67.2 Å². The van der Waals surface area contributed by atoms with Crippen LogP contribution in [-0.2, 0) is 18.3 Å². The summed E-state index contributed by atoms with van der Waals surface area (Å²) in [7, 11) is 1.81. The van der Waals surface area contributed by atoms with Crippen LogP contribution in [0.15, 0.2) is 30.6 Å². The van der Waals surface area contributed by atoms with Gasteiger partial charge < -0.3 is 10.4 Å².